The molecule has 86 valence electrons. The fourth-order valence-corrected chi connectivity index (χ4v) is 2.21. The van der Waals surface area contributed by atoms with Gasteiger partial charge in [0, 0.05) is 24.0 Å². The maximum atomic E-state index is 8.17. The lowest BCUT2D eigenvalue weighted by Crippen LogP contribution is -2.38. The molecule has 0 spiro atoms. The summed E-state index contributed by atoms with van der Waals surface area (Å²) in [5, 5.41) is 3.56. The van der Waals surface area contributed by atoms with Gasteiger partial charge in [0.15, 0.2) is 0 Å². The van der Waals surface area contributed by atoms with Crippen molar-refractivity contribution in [2.45, 2.75) is 25.3 Å². The SMILES string of the molecule is CN(C)CC1CCCN1CCCN=[N+]=[N-]. The highest BCUT2D eigenvalue weighted by molar-refractivity contribution is 4.80. The molecule has 1 saturated heterocycles. The average Bonchev–Trinajstić information content (AvgIpc) is 2.59. The van der Waals surface area contributed by atoms with E-state index >= 15 is 0 Å². The zero-order valence-electron chi connectivity index (χ0n) is 9.76. The summed E-state index contributed by atoms with van der Waals surface area (Å²) in [5.74, 6) is 0. The molecule has 0 aromatic rings. The number of azide groups is 1. The summed E-state index contributed by atoms with van der Waals surface area (Å²) in [7, 11) is 4.24. The molecular weight excluding hydrogens is 190 g/mol. The predicted molar refractivity (Wildman–Crippen MR) is 61.8 cm³/mol. The molecular formula is C10H21N5. The highest BCUT2D eigenvalue weighted by atomic mass is 15.2. The van der Waals surface area contributed by atoms with Gasteiger partial charge in [0.1, 0.15) is 0 Å². The number of rotatable bonds is 6. The van der Waals surface area contributed by atoms with E-state index in [-0.39, 0.29) is 0 Å². The van der Waals surface area contributed by atoms with Gasteiger partial charge in [0.05, 0.1) is 0 Å². The maximum Gasteiger partial charge on any atom is 0.0270 e. The van der Waals surface area contributed by atoms with Gasteiger partial charge in [-0.25, -0.2) is 0 Å². The first kappa shape index (κ1) is 12.3. The van der Waals surface area contributed by atoms with Gasteiger partial charge in [0.2, 0.25) is 0 Å². The van der Waals surface area contributed by atoms with E-state index in [1.165, 1.54) is 19.4 Å². The second-order valence-corrected chi connectivity index (χ2v) is 4.40. The summed E-state index contributed by atoms with van der Waals surface area (Å²) in [5.41, 5.74) is 8.17. The Bertz CT molecular complexity index is 222. The van der Waals surface area contributed by atoms with Gasteiger partial charge in [-0.05, 0) is 52.0 Å². The quantitative estimate of drug-likeness (QED) is 0.291. The number of hydrogen-bond donors (Lipinski definition) is 0. The van der Waals surface area contributed by atoms with E-state index in [2.05, 4.69) is 33.9 Å². The summed E-state index contributed by atoms with van der Waals surface area (Å²) in [6, 6.07) is 0.700. The monoisotopic (exact) mass is 211 g/mol. The molecule has 1 aliphatic heterocycles. The third-order valence-electron chi connectivity index (χ3n) is 2.84. The standard InChI is InChI=1S/C10H21N5/c1-14(2)9-10-5-3-7-15(10)8-4-6-12-13-11/h10H,3-9H2,1-2H3. The highest BCUT2D eigenvalue weighted by Gasteiger charge is 2.23. The van der Waals surface area contributed by atoms with Gasteiger partial charge < -0.3 is 4.90 Å². The molecule has 0 saturated carbocycles. The van der Waals surface area contributed by atoms with E-state index in [0.29, 0.717) is 12.6 Å². The fraction of sp³-hybridized carbons (Fsp3) is 1.00. The van der Waals surface area contributed by atoms with Crippen molar-refractivity contribution in [3.63, 3.8) is 0 Å². The van der Waals surface area contributed by atoms with Gasteiger partial charge in [-0.2, -0.15) is 0 Å². The van der Waals surface area contributed by atoms with Crippen LogP contribution in [0.3, 0.4) is 0 Å². The Labute approximate surface area is 91.7 Å². The first-order chi connectivity index (χ1) is 7.24. The second kappa shape index (κ2) is 6.67. The average molecular weight is 211 g/mol. The van der Waals surface area contributed by atoms with Crippen LogP contribution in [-0.4, -0.2) is 56.1 Å². The van der Waals surface area contributed by atoms with Crippen molar-refractivity contribution in [2.75, 3.05) is 40.3 Å². The topological polar surface area (TPSA) is 55.2 Å². The molecule has 0 aromatic carbocycles. The van der Waals surface area contributed by atoms with Gasteiger partial charge >= 0.3 is 0 Å². The molecule has 1 aliphatic rings. The third kappa shape index (κ3) is 4.51. The predicted octanol–water partition coefficient (Wildman–Crippen LogP) is 1.71. The van der Waals surface area contributed by atoms with E-state index in [0.717, 1.165) is 19.5 Å². The lowest BCUT2D eigenvalue weighted by atomic mass is 10.2. The molecule has 5 nitrogen and oxygen atoms in total. The molecule has 0 radical (unpaired) electrons. The van der Waals surface area contributed by atoms with Crippen LogP contribution in [0.15, 0.2) is 5.11 Å². The Balaban J connectivity index is 2.23. The minimum absolute atomic E-state index is 0.627. The van der Waals surface area contributed by atoms with Crippen molar-refractivity contribution in [3.05, 3.63) is 10.4 Å². The first-order valence-electron chi connectivity index (χ1n) is 5.63. The molecule has 1 atom stereocenters. The Morgan fingerprint density at radius 1 is 1.53 bits per heavy atom. The van der Waals surface area contributed by atoms with Crippen molar-refractivity contribution in [1.29, 1.82) is 0 Å². The van der Waals surface area contributed by atoms with Crippen LogP contribution >= 0.6 is 0 Å². The van der Waals surface area contributed by atoms with Crippen molar-refractivity contribution >= 4 is 0 Å². The van der Waals surface area contributed by atoms with E-state index in [1.54, 1.807) is 0 Å². The number of hydrogen-bond acceptors (Lipinski definition) is 3. The third-order valence-corrected chi connectivity index (χ3v) is 2.84. The van der Waals surface area contributed by atoms with Crippen LogP contribution in [0, 0.1) is 0 Å². The molecule has 0 bridgehead atoms. The van der Waals surface area contributed by atoms with Crippen molar-refractivity contribution in [2.24, 2.45) is 5.11 Å². The van der Waals surface area contributed by atoms with E-state index < -0.39 is 0 Å². The van der Waals surface area contributed by atoms with Gasteiger partial charge in [-0.15, -0.1) is 0 Å². The molecule has 1 unspecified atom stereocenters. The zero-order valence-corrected chi connectivity index (χ0v) is 9.76. The van der Waals surface area contributed by atoms with Crippen LogP contribution in [0.2, 0.25) is 0 Å². The smallest absolute Gasteiger partial charge is 0.0270 e. The fourth-order valence-electron chi connectivity index (χ4n) is 2.21. The van der Waals surface area contributed by atoms with E-state index in [1.807, 2.05) is 0 Å². The van der Waals surface area contributed by atoms with E-state index in [9.17, 15) is 0 Å². The normalized spacial score (nSPS) is 21.9. The number of nitrogens with zero attached hydrogens (tertiary/aromatic N) is 5. The minimum Gasteiger partial charge on any atom is -0.308 e. The first-order valence-corrected chi connectivity index (χ1v) is 5.63. The lowest BCUT2D eigenvalue weighted by molar-refractivity contribution is 0.207. The Kier molecular flexibility index (Phi) is 5.47. The Morgan fingerprint density at radius 2 is 2.33 bits per heavy atom. The largest absolute Gasteiger partial charge is 0.308 e. The molecule has 0 N–H and O–H groups in total. The Hall–Kier alpha value is -0.770. The molecule has 5 heteroatoms. The molecule has 0 amide bonds. The van der Waals surface area contributed by atoms with Gasteiger partial charge in [-0.1, -0.05) is 5.11 Å². The van der Waals surface area contributed by atoms with Crippen LogP contribution < -0.4 is 0 Å². The van der Waals surface area contributed by atoms with Gasteiger partial charge in [0.25, 0.3) is 0 Å². The summed E-state index contributed by atoms with van der Waals surface area (Å²) in [6.07, 6.45) is 3.59. The summed E-state index contributed by atoms with van der Waals surface area (Å²) in [4.78, 5) is 7.53. The molecule has 15 heavy (non-hydrogen) atoms. The molecule has 0 aliphatic carbocycles. The maximum absolute atomic E-state index is 8.17. The second-order valence-electron chi connectivity index (χ2n) is 4.40. The molecule has 1 rings (SSSR count). The van der Waals surface area contributed by atoms with Crippen molar-refractivity contribution < 1.29 is 0 Å². The molecule has 1 heterocycles. The highest BCUT2D eigenvalue weighted by Crippen LogP contribution is 2.17. The van der Waals surface area contributed by atoms with Crippen LogP contribution in [-0.2, 0) is 0 Å². The Morgan fingerprint density at radius 3 is 3.00 bits per heavy atom. The summed E-state index contributed by atoms with van der Waals surface area (Å²) >= 11 is 0. The van der Waals surface area contributed by atoms with Crippen molar-refractivity contribution in [3.8, 4) is 0 Å². The summed E-state index contributed by atoms with van der Waals surface area (Å²) in [6.45, 7) is 4.04. The van der Waals surface area contributed by atoms with Crippen LogP contribution in [0.1, 0.15) is 19.3 Å². The zero-order chi connectivity index (χ0) is 11.1. The minimum atomic E-state index is 0.627. The number of likely N-dealkylation sites (N-methyl/N-ethyl adjacent to an activating group) is 1. The van der Waals surface area contributed by atoms with E-state index in [4.69, 9.17) is 5.53 Å². The molecule has 1 fully saturated rings. The van der Waals surface area contributed by atoms with Gasteiger partial charge in [-0.3, -0.25) is 4.90 Å². The van der Waals surface area contributed by atoms with Crippen molar-refractivity contribution in [1.82, 2.24) is 9.80 Å². The van der Waals surface area contributed by atoms with Crippen LogP contribution in [0.25, 0.3) is 10.4 Å². The molecule has 0 aromatic heterocycles. The number of likely N-dealkylation sites (tertiary alicyclic amines) is 1. The van der Waals surface area contributed by atoms with Crippen LogP contribution in [0.5, 0.6) is 0 Å². The summed E-state index contributed by atoms with van der Waals surface area (Å²) < 4.78 is 0. The van der Waals surface area contributed by atoms with Crippen LogP contribution in [0.4, 0.5) is 0 Å². The lowest BCUT2D eigenvalue weighted by Gasteiger charge is -2.26.